The molecule has 1 fully saturated rings. The first-order valence-electron chi connectivity index (χ1n) is 11.5. The smallest absolute Gasteiger partial charge is 0.230 e. The number of ether oxygens (including phenoxy) is 1. The van der Waals surface area contributed by atoms with Gasteiger partial charge in [-0.15, -0.1) is 0 Å². The Morgan fingerprint density at radius 3 is 2.53 bits per heavy atom. The van der Waals surface area contributed by atoms with E-state index in [2.05, 4.69) is 41.2 Å². The minimum absolute atomic E-state index is 0.132. The van der Waals surface area contributed by atoms with Gasteiger partial charge in [-0.2, -0.15) is 0 Å². The molecule has 0 saturated carbocycles. The largest absolute Gasteiger partial charge is 0.378 e. The number of hydrogen-bond donors (Lipinski definition) is 2. The van der Waals surface area contributed by atoms with E-state index in [0.717, 1.165) is 52.6 Å². The van der Waals surface area contributed by atoms with Gasteiger partial charge in [0.1, 0.15) is 17.8 Å². The molecule has 1 aromatic carbocycles. The number of benzene rings is 1. The van der Waals surface area contributed by atoms with Crippen LogP contribution in [0.1, 0.15) is 25.2 Å². The molecule has 4 aromatic rings. The molecule has 0 bridgehead atoms. The number of aromatic amines is 1. The highest BCUT2D eigenvalue weighted by Gasteiger charge is 2.17. The lowest BCUT2D eigenvalue weighted by Gasteiger charge is -2.27. The highest BCUT2D eigenvalue weighted by Crippen LogP contribution is 2.29. The van der Waals surface area contributed by atoms with E-state index in [4.69, 9.17) is 4.74 Å². The molecule has 1 amide bonds. The van der Waals surface area contributed by atoms with Crippen molar-refractivity contribution in [3.8, 4) is 11.3 Å². The van der Waals surface area contributed by atoms with Crippen molar-refractivity contribution in [3.05, 3.63) is 60.4 Å². The second kappa shape index (κ2) is 10.8. The van der Waals surface area contributed by atoms with Crippen LogP contribution in [-0.4, -0.2) is 57.1 Å². The zero-order valence-corrected chi connectivity index (χ0v) is 19.7. The first-order chi connectivity index (χ1) is 16.7. The zero-order valence-electron chi connectivity index (χ0n) is 19.7. The molecular formula is C25H29N7O2. The van der Waals surface area contributed by atoms with Crippen molar-refractivity contribution in [1.82, 2.24) is 24.9 Å². The Morgan fingerprint density at radius 2 is 1.82 bits per heavy atom. The van der Waals surface area contributed by atoms with Crippen molar-refractivity contribution in [2.24, 2.45) is 0 Å². The summed E-state index contributed by atoms with van der Waals surface area (Å²) in [6.07, 6.45) is 5.05. The Labute approximate surface area is 198 Å². The van der Waals surface area contributed by atoms with Gasteiger partial charge in [-0.25, -0.2) is 9.97 Å². The number of fused-ring (bicyclic) bond motifs is 1. The quantitative estimate of drug-likeness (QED) is 0.468. The van der Waals surface area contributed by atoms with Crippen LogP contribution in [0.25, 0.3) is 22.3 Å². The number of carbonyl (C=O) groups excluding carboxylic acids is 1. The van der Waals surface area contributed by atoms with Crippen molar-refractivity contribution < 1.29 is 9.53 Å². The van der Waals surface area contributed by atoms with Gasteiger partial charge in [-0.3, -0.25) is 14.8 Å². The van der Waals surface area contributed by atoms with Gasteiger partial charge in [-0.1, -0.05) is 26.0 Å². The summed E-state index contributed by atoms with van der Waals surface area (Å²) < 4.78 is 5.45. The second-order valence-corrected chi connectivity index (χ2v) is 7.69. The third kappa shape index (κ3) is 5.37. The van der Waals surface area contributed by atoms with E-state index in [0.29, 0.717) is 18.9 Å². The molecule has 0 radical (unpaired) electrons. The monoisotopic (exact) mass is 459 g/mol. The molecule has 0 spiro atoms. The maximum atomic E-state index is 12.3. The lowest BCUT2D eigenvalue weighted by atomic mass is 10.1. The van der Waals surface area contributed by atoms with Crippen molar-refractivity contribution >= 4 is 28.4 Å². The van der Waals surface area contributed by atoms with Gasteiger partial charge in [0.2, 0.25) is 5.91 Å². The molecule has 0 unspecified atom stereocenters. The van der Waals surface area contributed by atoms with Crippen molar-refractivity contribution in [1.29, 1.82) is 0 Å². The van der Waals surface area contributed by atoms with E-state index in [1.54, 1.807) is 18.7 Å². The number of nitrogens with one attached hydrogen (secondary N) is 2. The first kappa shape index (κ1) is 23.3. The second-order valence-electron chi connectivity index (χ2n) is 7.69. The van der Waals surface area contributed by atoms with Crippen molar-refractivity contribution in [2.45, 2.75) is 27.2 Å². The lowest BCUT2D eigenvalue weighted by molar-refractivity contribution is -0.115. The number of aryl methyl sites for hydroxylation is 1. The molecule has 9 nitrogen and oxygen atoms in total. The maximum absolute atomic E-state index is 12.3. The number of amides is 1. The number of anilines is 2. The summed E-state index contributed by atoms with van der Waals surface area (Å²) in [6.45, 7) is 8.89. The topological polar surface area (TPSA) is 109 Å². The summed E-state index contributed by atoms with van der Waals surface area (Å²) in [4.78, 5) is 35.2. The van der Waals surface area contributed by atoms with E-state index < -0.39 is 0 Å². The summed E-state index contributed by atoms with van der Waals surface area (Å²) in [7, 11) is 0. The summed E-state index contributed by atoms with van der Waals surface area (Å²) in [5.74, 6) is 0.788. The van der Waals surface area contributed by atoms with Crippen LogP contribution in [0, 0.1) is 6.92 Å². The molecule has 0 atom stereocenters. The Kier molecular flexibility index (Phi) is 7.44. The number of aromatic nitrogens is 5. The van der Waals surface area contributed by atoms with Gasteiger partial charge in [0.05, 0.1) is 36.4 Å². The summed E-state index contributed by atoms with van der Waals surface area (Å²) in [5, 5.41) is 3.89. The van der Waals surface area contributed by atoms with Crippen LogP contribution in [0.4, 0.5) is 11.5 Å². The fourth-order valence-corrected chi connectivity index (χ4v) is 3.72. The number of nitrogens with zero attached hydrogens (tertiary/aromatic N) is 5. The predicted octanol–water partition coefficient (Wildman–Crippen LogP) is 3.77. The van der Waals surface area contributed by atoms with Crippen LogP contribution in [0.2, 0.25) is 0 Å². The molecule has 1 aliphatic heterocycles. The molecule has 0 aliphatic carbocycles. The molecule has 9 heteroatoms. The molecular weight excluding hydrogens is 430 g/mol. The van der Waals surface area contributed by atoms with Crippen LogP contribution in [-0.2, 0) is 16.0 Å². The maximum Gasteiger partial charge on any atom is 0.230 e. The minimum Gasteiger partial charge on any atom is -0.378 e. The van der Waals surface area contributed by atoms with Gasteiger partial charge in [-0.05, 0) is 30.7 Å². The SMILES string of the molecule is CC.Cc1cnc(CC(=O)Nc2ccc(-c3cc4c(N5CCOCC5)ncnc4[nH]3)cc2)cn1. The number of hydrogen-bond acceptors (Lipinski definition) is 7. The van der Waals surface area contributed by atoms with Crippen LogP contribution < -0.4 is 10.2 Å². The molecule has 34 heavy (non-hydrogen) atoms. The Balaban J connectivity index is 0.00000133. The average molecular weight is 460 g/mol. The van der Waals surface area contributed by atoms with Gasteiger partial charge in [0, 0.05) is 36.9 Å². The van der Waals surface area contributed by atoms with Crippen LogP contribution in [0.15, 0.2) is 49.1 Å². The van der Waals surface area contributed by atoms with Gasteiger partial charge in [0.25, 0.3) is 0 Å². The van der Waals surface area contributed by atoms with Crippen molar-refractivity contribution in [2.75, 3.05) is 36.5 Å². The standard InChI is InChI=1S/C23H23N7O2.C2H6/c1-15-12-25-18(13-24-15)10-21(31)28-17-4-2-16(3-5-17)20-11-19-22(29-20)26-14-27-23(19)30-6-8-32-9-7-30;1-2/h2-5,11-14H,6-10H2,1H3,(H,28,31)(H,26,27,29);1-2H3. The van der Waals surface area contributed by atoms with Gasteiger partial charge in [0.15, 0.2) is 0 Å². The third-order valence-electron chi connectivity index (χ3n) is 5.37. The molecule has 2 N–H and O–H groups in total. The highest BCUT2D eigenvalue weighted by atomic mass is 16.5. The molecule has 176 valence electrons. The Hall–Kier alpha value is -3.85. The van der Waals surface area contributed by atoms with E-state index in [1.165, 1.54) is 0 Å². The van der Waals surface area contributed by atoms with Crippen molar-refractivity contribution in [3.63, 3.8) is 0 Å². The number of rotatable bonds is 5. The average Bonchev–Trinajstić information content (AvgIpc) is 3.32. The van der Waals surface area contributed by atoms with E-state index >= 15 is 0 Å². The fourth-order valence-electron chi connectivity index (χ4n) is 3.72. The van der Waals surface area contributed by atoms with E-state index in [-0.39, 0.29) is 12.3 Å². The summed E-state index contributed by atoms with van der Waals surface area (Å²) in [6, 6.07) is 9.77. The first-order valence-corrected chi connectivity index (χ1v) is 11.5. The summed E-state index contributed by atoms with van der Waals surface area (Å²) >= 11 is 0. The lowest BCUT2D eigenvalue weighted by Crippen LogP contribution is -2.36. The number of morpholine rings is 1. The predicted molar refractivity (Wildman–Crippen MR) is 133 cm³/mol. The normalized spacial score (nSPS) is 13.3. The minimum atomic E-state index is -0.132. The van der Waals surface area contributed by atoms with Gasteiger partial charge < -0.3 is 19.9 Å². The molecule has 1 aliphatic rings. The van der Waals surface area contributed by atoms with Crippen LogP contribution >= 0.6 is 0 Å². The van der Waals surface area contributed by atoms with E-state index in [9.17, 15) is 4.79 Å². The highest BCUT2D eigenvalue weighted by molar-refractivity contribution is 5.93. The van der Waals surface area contributed by atoms with Gasteiger partial charge >= 0.3 is 0 Å². The Morgan fingerprint density at radius 1 is 1.06 bits per heavy atom. The molecule has 3 aromatic heterocycles. The molecule has 1 saturated heterocycles. The van der Waals surface area contributed by atoms with Crippen LogP contribution in [0.3, 0.4) is 0 Å². The van der Waals surface area contributed by atoms with E-state index in [1.807, 2.05) is 45.0 Å². The Bertz CT molecular complexity index is 1230. The third-order valence-corrected chi connectivity index (χ3v) is 5.37. The molecule has 4 heterocycles. The van der Waals surface area contributed by atoms with Crippen LogP contribution in [0.5, 0.6) is 0 Å². The number of H-pyrrole nitrogens is 1. The fraction of sp³-hybridized carbons (Fsp3) is 0.320. The molecule has 5 rings (SSSR count). The summed E-state index contributed by atoms with van der Waals surface area (Å²) in [5.41, 5.74) is 4.93. The zero-order chi connectivity index (χ0) is 23.9. The number of carbonyl (C=O) groups is 1.